The molecule has 0 saturated carbocycles. The van der Waals surface area contributed by atoms with E-state index in [4.69, 9.17) is 9.29 Å². The summed E-state index contributed by atoms with van der Waals surface area (Å²) in [4.78, 5) is 0.0691. The average Bonchev–Trinajstić information content (AvgIpc) is 2.76. The molecule has 1 unspecified atom stereocenters. The first-order chi connectivity index (χ1) is 15.3. The van der Waals surface area contributed by atoms with Gasteiger partial charge in [-0.25, -0.2) is 0 Å². The molecule has 0 saturated heterocycles. The van der Waals surface area contributed by atoms with E-state index in [0.29, 0.717) is 25.1 Å². The summed E-state index contributed by atoms with van der Waals surface area (Å²) in [6.45, 7) is 3.09. The lowest BCUT2D eigenvalue weighted by atomic mass is 9.95. The van der Waals surface area contributed by atoms with E-state index in [1.165, 1.54) is 18.2 Å². The van der Waals surface area contributed by atoms with Gasteiger partial charge in [0.05, 0.1) is 6.61 Å². The summed E-state index contributed by atoms with van der Waals surface area (Å²) in [5.74, 6) is 0.130. The van der Waals surface area contributed by atoms with Crippen molar-refractivity contribution >= 4 is 26.0 Å². The predicted octanol–water partition coefficient (Wildman–Crippen LogP) is 3.73. The second kappa shape index (κ2) is 11.1. The molecule has 3 rings (SSSR count). The van der Waals surface area contributed by atoms with Crippen LogP contribution in [0.25, 0.3) is 0 Å². The Labute approximate surface area is 197 Å². The van der Waals surface area contributed by atoms with Crippen LogP contribution in [0, 0.1) is 6.92 Å². The molecule has 0 aliphatic carbocycles. The molecule has 0 heterocycles. The molecule has 1 atom stereocenters. The smallest absolute Gasteiger partial charge is 0.339 e. The van der Waals surface area contributed by atoms with Gasteiger partial charge < -0.3 is 19.7 Å². The zero-order valence-electron chi connectivity index (χ0n) is 17.7. The Kier molecular flexibility index (Phi) is 8.44. The molecular weight excluding hydrogens is 494 g/mol. The second-order valence-electron chi connectivity index (χ2n) is 7.39. The van der Waals surface area contributed by atoms with Crippen LogP contribution in [0.1, 0.15) is 28.4 Å². The quantitative estimate of drug-likeness (QED) is 0.279. The molecular formula is C24H26BrNO5S. The maximum absolute atomic E-state index is 12.6. The Balaban J connectivity index is 1.82. The van der Waals surface area contributed by atoms with Gasteiger partial charge in [0.1, 0.15) is 16.7 Å². The van der Waals surface area contributed by atoms with Gasteiger partial charge in [-0.05, 0) is 73.0 Å². The Bertz CT molecular complexity index is 1150. The number of hydrogen-bond donors (Lipinski definition) is 3. The van der Waals surface area contributed by atoms with Gasteiger partial charge in [-0.3, -0.25) is 0 Å². The lowest BCUT2D eigenvalue weighted by molar-refractivity contribution is 0.218. The molecule has 0 aromatic heterocycles. The third kappa shape index (κ3) is 6.40. The van der Waals surface area contributed by atoms with Crippen molar-refractivity contribution in [2.75, 3.05) is 19.7 Å². The SMILES string of the molecule is Cc1ccc(S(=O)(=O)Oc2cccc(C(O)c3ccc(Br)cc3CCNCCO)c2)cc1. The zero-order valence-corrected chi connectivity index (χ0v) is 20.1. The molecule has 32 heavy (non-hydrogen) atoms. The number of aliphatic hydroxyl groups excluding tert-OH is 2. The third-order valence-corrected chi connectivity index (χ3v) is 6.70. The van der Waals surface area contributed by atoms with Crippen molar-refractivity contribution in [3.63, 3.8) is 0 Å². The van der Waals surface area contributed by atoms with E-state index in [0.717, 1.165) is 21.2 Å². The molecule has 8 heteroatoms. The largest absolute Gasteiger partial charge is 0.395 e. The zero-order chi connectivity index (χ0) is 23.1. The number of halogens is 1. The normalized spacial score (nSPS) is 12.5. The molecule has 0 aliphatic rings. The minimum atomic E-state index is -3.98. The van der Waals surface area contributed by atoms with Gasteiger partial charge in [-0.1, -0.05) is 51.8 Å². The van der Waals surface area contributed by atoms with Crippen LogP contribution in [0.4, 0.5) is 0 Å². The molecule has 0 spiro atoms. The lowest BCUT2D eigenvalue weighted by Crippen LogP contribution is -2.21. The van der Waals surface area contributed by atoms with Gasteiger partial charge >= 0.3 is 10.1 Å². The maximum atomic E-state index is 12.6. The van der Waals surface area contributed by atoms with Crippen LogP contribution in [-0.2, 0) is 16.5 Å². The van der Waals surface area contributed by atoms with Crippen molar-refractivity contribution in [1.82, 2.24) is 5.32 Å². The highest BCUT2D eigenvalue weighted by Gasteiger charge is 2.19. The highest BCUT2D eigenvalue weighted by atomic mass is 79.9. The fourth-order valence-electron chi connectivity index (χ4n) is 3.28. The summed E-state index contributed by atoms with van der Waals surface area (Å²) in [5.41, 5.74) is 3.13. The molecule has 6 nitrogen and oxygen atoms in total. The summed E-state index contributed by atoms with van der Waals surface area (Å²) in [7, 11) is -3.98. The fraction of sp³-hybridized carbons (Fsp3) is 0.250. The molecule has 3 aromatic rings. The Morgan fingerprint density at radius 2 is 1.78 bits per heavy atom. The number of aliphatic hydroxyl groups is 2. The maximum Gasteiger partial charge on any atom is 0.339 e. The molecule has 0 radical (unpaired) electrons. The van der Waals surface area contributed by atoms with E-state index in [1.807, 2.05) is 25.1 Å². The molecule has 3 aromatic carbocycles. The van der Waals surface area contributed by atoms with Crippen LogP contribution >= 0.6 is 15.9 Å². The predicted molar refractivity (Wildman–Crippen MR) is 127 cm³/mol. The first-order valence-electron chi connectivity index (χ1n) is 10.2. The first-order valence-corrected chi connectivity index (χ1v) is 12.4. The third-order valence-electron chi connectivity index (χ3n) is 4.95. The monoisotopic (exact) mass is 519 g/mol. The molecule has 0 bridgehead atoms. The van der Waals surface area contributed by atoms with Crippen LogP contribution in [0.2, 0.25) is 0 Å². The van der Waals surface area contributed by atoms with E-state index in [2.05, 4.69) is 21.2 Å². The Morgan fingerprint density at radius 1 is 1.03 bits per heavy atom. The van der Waals surface area contributed by atoms with Gasteiger partial charge in [0.2, 0.25) is 0 Å². The lowest BCUT2D eigenvalue weighted by Gasteiger charge is -2.18. The number of aryl methyl sites for hydroxylation is 1. The highest BCUT2D eigenvalue weighted by molar-refractivity contribution is 9.10. The molecule has 0 amide bonds. The van der Waals surface area contributed by atoms with E-state index >= 15 is 0 Å². The summed E-state index contributed by atoms with van der Waals surface area (Å²) in [6.07, 6.45) is -0.300. The highest BCUT2D eigenvalue weighted by Crippen LogP contribution is 2.30. The van der Waals surface area contributed by atoms with Crippen molar-refractivity contribution in [1.29, 1.82) is 0 Å². The van der Waals surface area contributed by atoms with E-state index in [9.17, 15) is 13.5 Å². The first kappa shape index (κ1) is 24.4. The van der Waals surface area contributed by atoms with E-state index < -0.39 is 16.2 Å². The van der Waals surface area contributed by atoms with E-state index in [-0.39, 0.29) is 17.3 Å². The van der Waals surface area contributed by atoms with Crippen molar-refractivity contribution in [2.45, 2.75) is 24.3 Å². The van der Waals surface area contributed by atoms with Gasteiger partial charge in [0.15, 0.2) is 0 Å². The summed E-state index contributed by atoms with van der Waals surface area (Å²) in [6, 6.07) is 18.5. The summed E-state index contributed by atoms with van der Waals surface area (Å²) < 4.78 is 31.4. The van der Waals surface area contributed by atoms with E-state index in [1.54, 1.807) is 30.3 Å². The van der Waals surface area contributed by atoms with Crippen LogP contribution in [-0.4, -0.2) is 38.3 Å². The Hall–Kier alpha value is -2.23. The van der Waals surface area contributed by atoms with Gasteiger partial charge in [-0.2, -0.15) is 8.42 Å². The van der Waals surface area contributed by atoms with Crippen molar-refractivity contribution < 1.29 is 22.8 Å². The van der Waals surface area contributed by atoms with Crippen LogP contribution in [0.15, 0.2) is 76.1 Å². The minimum Gasteiger partial charge on any atom is -0.395 e. The summed E-state index contributed by atoms with van der Waals surface area (Å²) >= 11 is 3.47. The molecule has 0 fully saturated rings. The number of benzene rings is 3. The van der Waals surface area contributed by atoms with Gasteiger partial charge in [0, 0.05) is 11.0 Å². The van der Waals surface area contributed by atoms with Crippen molar-refractivity contribution in [3.05, 3.63) is 93.5 Å². The molecule has 0 aliphatic heterocycles. The molecule has 3 N–H and O–H groups in total. The van der Waals surface area contributed by atoms with Crippen LogP contribution < -0.4 is 9.50 Å². The average molecular weight is 520 g/mol. The second-order valence-corrected chi connectivity index (χ2v) is 9.85. The van der Waals surface area contributed by atoms with Crippen molar-refractivity contribution in [3.8, 4) is 5.75 Å². The van der Waals surface area contributed by atoms with Gasteiger partial charge in [0.25, 0.3) is 0 Å². The van der Waals surface area contributed by atoms with Crippen LogP contribution in [0.3, 0.4) is 0 Å². The van der Waals surface area contributed by atoms with Gasteiger partial charge in [-0.15, -0.1) is 0 Å². The fourth-order valence-corrected chi connectivity index (χ4v) is 4.61. The topological polar surface area (TPSA) is 95.9 Å². The number of rotatable bonds is 10. The van der Waals surface area contributed by atoms with Crippen LogP contribution in [0.5, 0.6) is 5.75 Å². The Morgan fingerprint density at radius 3 is 2.50 bits per heavy atom. The minimum absolute atomic E-state index is 0.0618. The number of hydrogen-bond acceptors (Lipinski definition) is 6. The standard InChI is InChI=1S/C24H26BrNO5S/c1-17-5-8-22(9-6-17)32(29,30)31-21-4-2-3-19(16-21)24(28)23-10-7-20(25)15-18(23)11-12-26-13-14-27/h2-10,15-16,24,26-28H,11-14H2,1H3. The summed E-state index contributed by atoms with van der Waals surface area (Å²) in [5, 5.41) is 23.1. The number of nitrogens with one attached hydrogen (secondary N) is 1. The molecule has 170 valence electrons. The van der Waals surface area contributed by atoms with Crippen molar-refractivity contribution in [2.24, 2.45) is 0 Å².